The molecule has 1 aliphatic carbocycles. The molecule has 2 fully saturated rings. The van der Waals surface area contributed by atoms with Crippen LogP contribution >= 0.6 is 0 Å². The van der Waals surface area contributed by atoms with Crippen molar-refractivity contribution in [2.75, 3.05) is 6.61 Å². The summed E-state index contributed by atoms with van der Waals surface area (Å²) in [6.45, 7) is 2.04. The highest BCUT2D eigenvalue weighted by atomic mass is 19.1. The van der Waals surface area contributed by atoms with Gasteiger partial charge in [-0.15, -0.1) is 0 Å². The van der Waals surface area contributed by atoms with Gasteiger partial charge in [0.25, 0.3) is 0 Å². The fourth-order valence-electron chi connectivity index (χ4n) is 2.71. The van der Waals surface area contributed by atoms with Crippen molar-refractivity contribution in [2.24, 2.45) is 5.92 Å². The van der Waals surface area contributed by atoms with Crippen LogP contribution in [-0.2, 0) is 25.6 Å². The molecule has 0 bridgehead atoms. The van der Waals surface area contributed by atoms with Crippen LogP contribution in [0.15, 0.2) is 30.3 Å². The predicted octanol–water partition coefficient (Wildman–Crippen LogP) is 2.22. The summed E-state index contributed by atoms with van der Waals surface area (Å²) in [5, 5.41) is 0. The molecule has 1 saturated carbocycles. The van der Waals surface area contributed by atoms with E-state index in [0.717, 1.165) is 5.56 Å². The van der Waals surface area contributed by atoms with Gasteiger partial charge in [0, 0.05) is 12.8 Å². The standard InChI is InChI=1S/C15H17FO4/c1-10(17)19-14-13(16)12-7-15(12,20-14)9-18-8-11-5-3-2-4-6-11/h2-6,12-14H,7-9H2,1H3/t12?,13-,14+,15+/m0/s1. The van der Waals surface area contributed by atoms with Crippen LogP contribution in [0.25, 0.3) is 0 Å². The van der Waals surface area contributed by atoms with E-state index >= 15 is 0 Å². The molecule has 0 radical (unpaired) electrons. The van der Waals surface area contributed by atoms with Crippen LogP contribution in [0.4, 0.5) is 4.39 Å². The smallest absolute Gasteiger partial charge is 0.305 e. The zero-order valence-corrected chi connectivity index (χ0v) is 11.3. The van der Waals surface area contributed by atoms with E-state index in [1.54, 1.807) is 0 Å². The number of halogens is 1. The number of benzene rings is 1. The van der Waals surface area contributed by atoms with Crippen LogP contribution in [0.3, 0.4) is 0 Å². The molecule has 0 amide bonds. The first kappa shape index (κ1) is 13.5. The lowest BCUT2D eigenvalue weighted by Crippen LogP contribution is -2.29. The number of rotatable bonds is 5. The van der Waals surface area contributed by atoms with E-state index in [-0.39, 0.29) is 5.92 Å². The number of ether oxygens (including phenoxy) is 3. The van der Waals surface area contributed by atoms with E-state index in [0.29, 0.717) is 19.6 Å². The fourth-order valence-corrected chi connectivity index (χ4v) is 2.71. The Morgan fingerprint density at radius 3 is 2.90 bits per heavy atom. The van der Waals surface area contributed by atoms with E-state index in [2.05, 4.69) is 0 Å². The Kier molecular flexibility index (Phi) is 3.48. The normalized spacial score (nSPS) is 34.6. The molecular formula is C15H17FO4. The van der Waals surface area contributed by atoms with Crippen molar-refractivity contribution in [3.63, 3.8) is 0 Å². The Labute approximate surface area is 116 Å². The molecule has 4 nitrogen and oxygen atoms in total. The number of carbonyl (C=O) groups excluding carboxylic acids is 1. The highest BCUT2D eigenvalue weighted by molar-refractivity contribution is 5.66. The third kappa shape index (κ3) is 2.55. The van der Waals surface area contributed by atoms with E-state index in [4.69, 9.17) is 14.2 Å². The van der Waals surface area contributed by atoms with Crippen molar-refractivity contribution in [1.82, 2.24) is 0 Å². The third-order valence-electron chi connectivity index (χ3n) is 3.82. The first-order chi connectivity index (χ1) is 9.61. The monoisotopic (exact) mass is 280 g/mol. The van der Waals surface area contributed by atoms with Crippen molar-refractivity contribution in [3.8, 4) is 0 Å². The number of fused-ring (bicyclic) bond motifs is 1. The summed E-state index contributed by atoms with van der Waals surface area (Å²) in [6.07, 6.45) is -1.70. The Bertz CT molecular complexity index is 492. The molecule has 1 heterocycles. The summed E-state index contributed by atoms with van der Waals surface area (Å²) in [5.41, 5.74) is 0.460. The van der Waals surface area contributed by atoms with Crippen LogP contribution in [0.1, 0.15) is 18.9 Å². The summed E-state index contributed by atoms with van der Waals surface area (Å²) in [6, 6.07) is 9.76. The summed E-state index contributed by atoms with van der Waals surface area (Å²) in [7, 11) is 0. The van der Waals surface area contributed by atoms with Gasteiger partial charge in [0.15, 0.2) is 6.17 Å². The third-order valence-corrected chi connectivity index (χ3v) is 3.82. The summed E-state index contributed by atoms with van der Waals surface area (Å²) in [4.78, 5) is 10.9. The SMILES string of the molecule is CC(=O)O[C@@H]1O[C@@]2(COCc3ccccc3)CC2[C@@H]1F. The number of hydrogen-bond donors (Lipinski definition) is 0. The van der Waals surface area contributed by atoms with E-state index in [1.165, 1.54) is 6.92 Å². The van der Waals surface area contributed by atoms with Gasteiger partial charge in [-0.2, -0.15) is 0 Å². The van der Waals surface area contributed by atoms with Crippen molar-refractivity contribution in [2.45, 2.75) is 38.0 Å². The molecule has 4 atom stereocenters. The lowest BCUT2D eigenvalue weighted by atomic mass is 10.2. The highest BCUT2D eigenvalue weighted by Gasteiger charge is 2.69. The minimum absolute atomic E-state index is 0.220. The van der Waals surface area contributed by atoms with E-state index < -0.39 is 24.0 Å². The zero-order chi connectivity index (χ0) is 14.2. The molecule has 1 aromatic rings. The van der Waals surface area contributed by atoms with Crippen molar-refractivity contribution < 1.29 is 23.4 Å². The quantitative estimate of drug-likeness (QED) is 0.776. The van der Waals surface area contributed by atoms with Gasteiger partial charge in [-0.05, 0) is 12.0 Å². The van der Waals surface area contributed by atoms with Gasteiger partial charge in [-0.3, -0.25) is 4.79 Å². The van der Waals surface area contributed by atoms with Crippen LogP contribution in [0.2, 0.25) is 0 Å². The maximum atomic E-state index is 13.9. The number of carbonyl (C=O) groups is 1. The molecule has 1 unspecified atom stereocenters. The number of alkyl halides is 1. The molecule has 20 heavy (non-hydrogen) atoms. The molecule has 1 aromatic carbocycles. The second-order valence-electron chi connectivity index (χ2n) is 5.39. The first-order valence-corrected chi connectivity index (χ1v) is 6.71. The van der Waals surface area contributed by atoms with Gasteiger partial charge >= 0.3 is 5.97 Å². The van der Waals surface area contributed by atoms with Gasteiger partial charge in [-0.1, -0.05) is 30.3 Å². The van der Waals surface area contributed by atoms with Gasteiger partial charge in [0.05, 0.1) is 13.2 Å². The molecule has 2 aliphatic rings. The van der Waals surface area contributed by atoms with Crippen LogP contribution in [-0.4, -0.2) is 30.6 Å². The van der Waals surface area contributed by atoms with Gasteiger partial charge in [0.1, 0.15) is 5.60 Å². The lowest BCUT2D eigenvalue weighted by molar-refractivity contribution is -0.196. The minimum Gasteiger partial charge on any atom is -0.433 e. The Balaban J connectivity index is 1.51. The maximum absolute atomic E-state index is 13.9. The second kappa shape index (κ2) is 5.14. The van der Waals surface area contributed by atoms with Crippen LogP contribution in [0, 0.1) is 5.92 Å². The van der Waals surface area contributed by atoms with Crippen molar-refractivity contribution >= 4 is 5.97 Å². The molecule has 1 aliphatic heterocycles. The maximum Gasteiger partial charge on any atom is 0.305 e. The molecule has 0 aromatic heterocycles. The molecule has 1 saturated heterocycles. The molecule has 0 spiro atoms. The van der Waals surface area contributed by atoms with Gasteiger partial charge in [-0.25, -0.2) is 4.39 Å². The highest BCUT2D eigenvalue weighted by Crippen LogP contribution is 2.57. The van der Waals surface area contributed by atoms with Crippen LogP contribution in [0.5, 0.6) is 0 Å². The van der Waals surface area contributed by atoms with E-state index in [9.17, 15) is 9.18 Å². The topological polar surface area (TPSA) is 44.8 Å². The lowest BCUT2D eigenvalue weighted by Gasteiger charge is -2.19. The number of esters is 1. The molecular weight excluding hydrogens is 263 g/mol. The van der Waals surface area contributed by atoms with E-state index in [1.807, 2.05) is 30.3 Å². The summed E-state index contributed by atoms with van der Waals surface area (Å²) < 4.78 is 29.9. The van der Waals surface area contributed by atoms with Gasteiger partial charge < -0.3 is 14.2 Å². The fraction of sp³-hybridized carbons (Fsp3) is 0.533. The summed E-state index contributed by atoms with van der Waals surface area (Å²) >= 11 is 0. The average molecular weight is 280 g/mol. The molecule has 3 rings (SSSR count). The largest absolute Gasteiger partial charge is 0.433 e. The van der Waals surface area contributed by atoms with Crippen LogP contribution < -0.4 is 0 Å². The Hall–Kier alpha value is -1.46. The average Bonchev–Trinajstić information content (AvgIpc) is 3.06. The Morgan fingerprint density at radius 2 is 2.20 bits per heavy atom. The van der Waals surface area contributed by atoms with Gasteiger partial charge in [0.2, 0.25) is 6.29 Å². The van der Waals surface area contributed by atoms with Crippen molar-refractivity contribution in [3.05, 3.63) is 35.9 Å². The first-order valence-electron chi connectivity index (χ1n) is 6.71. The Morgan fingerprint density at radius 1 is 1.45 bits per heavy atom. The minimum atomic E-state index is -1.25. The molecule has 0 N–H and O–H groups in total. The molecule has 5 heteroatoms. The second-order valence-corrected chi connectivity index (χ2v) is 5.39. The zero-order valence-electron chi connectivity index (χ0n) is 11.3. The molecule has 108 valence electrons. The number of hydrogen-bond acceptors (Lipinski definition) is 4. The van der Waals surface area contributed by atoms with Crippen molar-refractivity contribution in [1.29, 1.82) is 0 Å². The predicted molar refractivity (Wildman–Crippen MR) is 68.5 cm³/mol. The summed E-state index contributed by atoms with van der Waals surface area (Å²) in [5.74, 6) is -0.748.